The number of ether oxygens (including phenoxy) is 1. The number of methoxy groups -OCH3 is 1. The van der Waals surface area contributed by atoms with Crippen molar-refractivity contribution in [3.63, 3.8) is 0 Å². The average molecular weight is 353 g/mol. The van der Waals surface area contributed by atoms with Crippen LogP contribution < -0.4 is 10.1 Å². The largest absolute Gasteiger partial charge is 0.497 e. The quantitative estimate of drug-likeness (QED) is 0.739. The van der Waals surface area contributed by atoms with Gasteiger partial charge in [-0.15, -0.1) is 0 Å². The summed E-state index contributed by atoms with van der Waals surface area (Å²) in [5, 5.41) is 11.8. The molecule has 3 aromatic rings. The molecule has 0 saturated carbocycles. The topological polar surface area (TPSA) is 74.0 Å². The number of hydrogen-bond donors (Lipinski definition) is 1. The molecule has 3 rings (SSSR count). The standard InChI is InChI=1S/C19H23N5O2/c1-13-8-9-23(21-13)12-18(25)20-19-14(2)22-24(15(19)3)11-16-6-5-7-17(10-16)26-4/h5-10H,11-12H2,1-4H3,(H,20,25). The van der Waals surface area contributed by atoms with E-state index in [2.05, 4.69) is 15.5 Å². The number of aromatic nitrogens is 4. The van der Waals surface area contributed by atoms with Crippen molar-refractivity contribution in [2.45, 2.75) is 33.9 Å². The highest BCUT2D eigenvalue weighted by molar-refractivity contribution is 5.91. The SMILES string of the molecule is COc1cccc(Cn2nc(C)c(NC(=O)Cn3ccc(C)n3)c2C)c1. The summed E-state index contributed by atoms with van der Waals surface area (Å²) >= 11 is 0. The molecule has 136 valence electrons. The lowest BCUT2D eigenvalue weighted by atomic mass is 10.2. The molecule has 26 heavy (non-hydrogen) atoms. The average Bonchev–Trinajstić information content (AvgIpc) is 3.13. The Labute approximate surface area is 152 Å². The molecule has 1 aromatic carbocycles. The first-order valence-corrected chi connectivity index (χ1v) is 8.43. The van der Waals surface area contributed by atoms with Crippen LogP contribution in [0.5, 0.6) is 5.75 Å². The molecule has 1 N–H and O–H groups in total. The molecule has 0 unspecified atom stereocenters. The first-order valence-electron chi connectivity index (χ1n) is 8.43. The first-order chi connectivity index (χ1) is 12.5. The number of carbonyl (C=O) groups excluding carboxylic acids is 1. The summed E-state index contributed by atoms with van der Waals surface area (Å²) in [7, 11) is 1.65. The lowest BCUT2D eigenvalue weighted by Gasteiger charge is -2.08. The molecule has 0 fully saturated rings. The minimum Gasteiger partial charge on any atom is -0.497 e. The van der Waals surface area contributed by atoms with E-state index in [0.717, 1.165) is 34.1 Å². The van der Waals surface area contributed by atoms with Crippen LogP contribution in [0.25, 0.3) is 0 Å². The second-order valence-electron chi connectivity index (χ2n) is 6.26. The summed E-state index contributed by atoms with van der Waals surface area (Å²) in [6.07, 6.45) is 1.79. The number of anilines is 1. The van der Waals surface area contributed by atoms with Crippen LogP contribution in [0, 0.1) is 20.8 Å². The number of hydrogen-bond acceptors (Lipinski definition) is 4. The summed E-state index contributed by atoms with van der Waals surface area (Å²) in [5.74, 6) is 0.687. The van der Waals surface area contributed by atoms with Crippen molar-refractivity contribution in [1.82, 2.24) is 19.6 Å². The minimum atomic E-state index is -0.125. The van der Waals surface area contributed by atoms with Gasteiger partial charge >= 0.3 is 0 Å². The highest BCUT2D eigenvalue weighted by atomic mass is 16.5. The van der Waals surface area contributed by atoms with E-state index in [9.17, 15) is 4.79 Å². The Bertz CT molecular complexity index is 926. The normalized spacial score (nSPS) is 10.8. The number of nitrogens with zero attached hydrogens (tertiary/aromatic N) is 4. The Morgan fingerprint density at radius 1 is 1.19 bits per heavy atom. The van der Waals surface area contributed by atoms with Gasteiger partial charge < -0.3 is 10.1 Å². The summed E-state index contributed by atoms with van der Waals surface area (Å²) < 4.78 is 8.78. The molecular formula is C19H23N5O2. The highest BCUT2D eigenvalue weighted by Crippen LogP contribution is 2.21. The Hall–Kier alpha value is -3.09. The van der Waals surface area contributed by atoms with E-state index in [1.54, 1.807) is 18.0 Å². The van der Waals surface area contributed by atoms with Gasteiger partial charge in [-0.2, -0.15) is 10.2 Å². The van der Waals surface area contributed by atoms with Crippen molar-refractivity contribution in [2.24, 2.45) is 0 Å². The van der Waals surface area contributed by atoms with Gasteiger partial charge in [-0.3, -0.25) is 14.2 Å². The minimum absolute atomic E-state index is 0.125. The smallest absolute Gasteiger partial charge is 0.246 e. The number of nitrogens with one attached hydrogen (secondary N) is 1. The molecule has 0 aliphatic carbocycles. The van der Waals surface area contributed by atoms with Gasteiger partial charge in [0.05, 0.1) is 36.4 Å². The second-order valence-corrected chi connectivity index (χ2v) is 6.26. The maximum absolute atomic E-state index is 12.3. The van der Waals surface area contributed by atoms with E-state index in [4.69, 9.17) is 4.74 Å². The van der Waals surface area contributed by atoms with Crippen LogP contribution in [0.2, 0.25) is 0 Å². The summed E-state index contributed by atoms with van der Waals surface area (Å²) in [5.41, 5.74) is 4.42. The molecule has 7 heteroatoms. The number of rotatable bonds is 6. The van der Waals surface area contributed by atoms with Crippen LogP contribution in [0.1, 0.15) is 22.6 Å². The third-order valence-electron chi connectivity index (χ3n) is 4.19. The summed E-state index contributed by atoms with van der Waals surface area (Å²) in [4.78, 5) is 12.3. The Balaban J connectivity index is 1.73. The number of benzene rings is 1. The van der Waals surface area contributed by atoms with Crippen molar-refractivity contribution < 1.29 is 9.53 Å². The fourth-order valence-corrected chi connectivity index (χ4v) is 2.85. The summed E-state index contributed by atoms with van der Waals surface area (Å²) in [6.45, 7) is 6.52. The van der Waals surface area contributed by atoms with Crippen LogP contribution in [0.4, 0.5) is 5.69 Å². The second kappa shape index (κ2) is 7.43. The third kappa shape index (κ3) is 3.93. The molecule has 7 nitrogen and oxygen atoms in total. The molecule has 2 aromatic heterocycles. The van der Waals surface area contributed by atoms with Crippen molar-refractivity contribution in [3.05, 3.63) is 59.2 Å². The fourth-order valence-electron chi connectivity index (χ4n) is 2.85. The van der Waals surface area contributed by atoms with Crippen molar-refractivity contribution in [3.8, 4) is 5.75 Å². The van der Waals surface area contributed by atoms with Crippen LogP contribution in [0.15, 0.2) is 36.5 Å². The molecule has 0 spiro atoms. The predicted molar refractivity (Wildman–Crippen MR) is 99.4 cm³/mol. The molecule has 2 heterocycles. The van der Waals surface area contributed by atoms with Gasteiger partial charge in [0.15, 0.2) is 0 Å². The number of aryl methyl sites for hydroxylation is 2. The van der Waals surface area contributed by atoms with E-state index in [0.29, 0.717) is 6.54 Å². The number of carbonyl (C=O) groups is 1. The fraction of sp³-hybridized carbons (Fsp3) is 0.316. The van der Waals surface area contributed by atoms with Gasteiger partial charge in [-0.1, -0.05) is 12.1 Å². The van der Waals surface area contributed by atoms with E-state index in [1.165, 1.54) is 0 Å². The Kier molecular flexibility index (Phi) is 5.06. The molecule has 0 radical (unpaired) electrons. The van der Waals surface area contributed by atoms with Gasteiger partial charge in [0, 0.05) is 6.20 Å². The zero-order valence-corrected chi connectivity index (χ0v) is 15.5. The third-order valence-corrected chi connectivity index (χ3v) is 4.19. The van der Waals surface area contributed by atoms with E-state index in [1.807, 2.05) is 55.8 Å². The lowest BCUT2D eigenvalue weighted by molar-refractivity contribution is -0.116. The molecule has 0 aliphatic heterocycles. The van der Waals surface area contributed by atoms with Gasteiger partial charge in [-0.05, 0) is 44.5 Å². The van der Waals surface area contributed by atoms with Gasteiger partial charge in [0.25, 0.3) is 0 Å². The Morgan fingerprint density at radius 3 is 2.69 bits per heavy atom. The highest BCUT2D eigenvalue weighted by Gasteiger charge is 2.15. The molecule has 0 bridgehead atoms. The van der Waals surface area contributed by atoms with E-state index in [-0.39, 0.29) is 12.5 Å². The van der Waals surface area contributed by atoms with Gasteiger partial charge in [0.1, 0.15) is 12.3 Å². The molecule has 0 aliphatic rings. The van der Waals surface area contributed by atoms with Crippen LogP contribution in [-0.2, 0) is 17.9 Å². The van der Waals surface area contributed by atoms with Crippen LogP contribution in [0.3, 0.4) is 0 Å². The van der Waals surface area contributed by atoms with E-state index >= 15 is 0 Å². The van der Waals surface area contributed by atoms with Crippen LogP contribution >= 0.6 is 0 Å². The van der Waals surface area contributed by atoms with Crippen molar-refractivity contribution >= 4 is 11.6 Å². The van der Waals surface area contributed by atoms with Gasteiger partial charge in [0.2, 0.25) is 5.91 Å². The molecule has 0 atom stereocenters. The Morgan fingerprint density at radius 2 is 2.00 bits per heavy atom. The predicted octanol–water partition coefficient (Wildman–Crippen LogP) is 2.70. The van der Waals surface area contributed by atoms with Crippen molar-refractivity contribution in [1.29, 1.82) is 0 Å². The monoisotopic (exact) mass is 353 g/mol. The maximum Gasteiger partial charge on any atom is 0.246 e. The molecule has 1 amide bonds. The first kappa shape index (κ1) is 17.7. The maximum atomic E-state index is 12.3. The number of amides is 1. The molecule has 0 saturated heterocycles. The molecular weight excluding hydrogens is 330 g/mol. The van der Waals surface area contributed by atoms with Crippen molar-refractivity contribution in [2.75, 3.05) is 12.4 Å². The zero-order chi connectivity index (χ0) is 18.7. The summed E-state index contributed by atoms with van der Waals surface area (Å²) in [6, 6.07) is 9.74. The van der Waals surface area contributed by atoms with E-state index < -0.39 is 0 Å². The van der Waals surface area contributed by atoms with Crippen LogP contribution in [-0.4, -0.2) is 32.6 Å². The lowest BCUT2D eigenvalue weighted by Crippen LogP contribution is -2.20. The van der Waals surface area contributed by atoms with Gasteiger partial charge in [-0.25, -0.2) is 0 Å². The zero-order valence-electron chi connectivity index (χ0n) is 15.5.